The maximum absolute atomic E-state index is 12.7. The first-order valence-electron chi connectivity index (χ1n) is 8.99. The van der Waals surface area contributed by atoms with Gasteiger partial charge in [-0.25, -0.2) is 0 Å². The molecule has 0 saturated carbocycles. The number of amides is 1. The monoisotopic (exact) mass is 427 g/mol. The maximum atomic E-state index is 12.7. The molecule has 0 radical (unpaired) electrons. The predicted octanol–water partition coefficient (Wildman–Crippen LogP) is 4.44. The number of alkyl halides is 4. The number of nitrogens with zero attached hydrogens (tertiary/aromatic N) is 1. The van der Waals surface area contributed by atoms with E-state index in [0.29, 0.717) is 36.7 Å². The Labute approximate surface area is 169 Å². The van der Waals surface area contributed by atoms with Gasteiger partial charge in [0.25, 0.3) is 0 Å². The summed E-state index contributed by atoms with van der Waals surface area (Å²) < 4.78 is 52.3. The SMILES string of the molecule is O=C1[C@@H](Cl)C[C@H](c2cccc3c2OCCO3)N1Cc1ccc(OC(F)(F)F)cc1. The Morgan fingerprint density at radius 3 is 2.55 bits per heavy atom. The van der Waals surface area contributed by atoms with Crippen LogP contribution in [-0.4, -0.2) is 35.8 Å². The van der Waals surface area contributed by atoms with E-state index in [2.05, 4.69) is 4.74 Å². The van der Waals surface area contributed by atoms with Crippen molar-refractivity contribution in [3.8, 4) is 17.2 Å². The van der Waals surface area contributed by atoms with E-state index in [9.17, 15) is 18.0 Å². The number of likely N-dealkylation sites (tertiary alicyclic amines) is 1. The molecular weight excluding hydrogens is 411 g/mol. The molecule has 29 heavy (non-hydrogen) atoms. The molecule has 154 valence electrons. The summed E-state index contributed by atoms with van der Waals surface area (Å²) in [6.07, 6.45) is -4.35. The molecule has 2 atom stereocenters. The normalized spacial score (nSPS) is 21.4. The minimum Gasteiger partial charge on any atom is -0.486 e. The van der Waals surface area contributed by atoms with Gasteiger partial charge in [-0.1, -0.05) is 24.3 Å². The maximum Gasteiger partial charge on any atom is 0.573 e. The summed E-state index contributed by atoms with van der Waals surface area (Å²) in [6.45, 7) is 1.06. The lowest BCUT2D eigenvalue weighted by atomic mass is 10.0. The topological polar surface area (TPSA) is 48.0 Å². The van der Waals surface area contributed by atoms with Crippen LogP contribution in [0.3, 0.4) is 0 Å². The van der Waals surface area contributed by atoms with Gasteiger partial charge in [0.05, 0.1) is 6.04 Å². The summed E-state index contributed by atoms with van der Waals surface area (Å²) in [5.74, 6) is 0.666. The van der Waals surface area contributed by atoms with Crippen molar-refractivity contribution in [3.05, 3.63) is 53.6 Å². The average Bonchev–Trinajstić information content (AvgIpc) is 2.96. The number of rotatable bonds is 4. The minimum absolute atomic E-state index is 0.198. The summed E-state index contributed by atoms with van der Waals surface area (Å²) >= 11 is 6.24. The Hall–Kier alpha value is -2.61. The van der Waals surface area contributed by atoms with Crippen molar-refractivity contribution >= 4 is 17.5 Å². The number of para-hydroxylation sites is 1. The third-order valence-electron chi connectivity index (χ3n) is 4.82. The quantitative estimate of drug-likeness (QED) is 0.677. The highest BCUT2D eigenvalue weighted by Crippen LogP contribution is 2.44. The van der Waals surface area contributed by atoms with E-state index in [-0.39, 0.29) is 24.2 Å². The molecule has 5 nitrogen and oxygen atoms in total. The number of hydrogen-bond donors (Lipinski definition) is 0. The second kappa shape index (κ2) is 7.67. The van der Waals surface area contributed by atoms with Crippen LogP contribution < -0.4 is 14.2 Å². The Morgan fingerprint density at radius 2 is 1.83 bits per heavy atom. The molecule has 0 unspecified atom stereocenters. The van der Waals surface area contributed by atoms with Crippen molar-refractivity contribution in [2.75, 3.05) is 13.2 Å². The Balaban J connectivity index is 1.58. The van der Waals surface area contributed by atoms with E-state index in [4.69, 9.17) is 21.1 Å². The highest BCUT2D eigenvalue weighted by molar-refractivity contribution is 6.31. The van der Waals surface area contributed by atoms with Gasteiger partial charge >= 0.3 is 6.36 Å². The summed E-state index contributed by atoms with van der Waals surface area (Å²) in [5.41, 5.74) is 1.46. The van der Waals surface area contributed by atoms with Crippen LogP contribution in [0.1, 0.15) is 23.6 Å². The number of carbonyl (C=O) groups excluding carboxylic acids is 1. The number of carbonyl (C=O) groups is 1. The molecule has 1 fully saturated rings. The van der Waals surface area contributed by atoms with Crippen molar-refractivity contribution < 1.29 is 32.2 Å². The number of ether oxygens (including phenoxy) is 3. The summed E-state index contributed by atoms with van der Waals surface area (Å²) in [7, 11) is 0. The van der Waals surface area contributed by atoms with Gasteiger partial charge in [-0.3, -0.25) is 4.79 Å². The molecule has 4 rings (SSSR count). The lowest BCUT2D eigenvalue weighted by molar-refractivity contribution is -0.274. The summed E-state index contributed by atoms with van der Waals surface area (Å²) in [5, 5.41) is -0.687. The van der Waals surface area contributed by atoms with Crippen molar-refractivity contribution in [1.82, 2.24) is 4.90 Å². The van der Waals surface area contributed by atoms with Crippen LogP contribution in [0.15, 0.2) is 42.5 Å². The molecule has 0 spiro atoms. The van der Waals surface area contributed by atoms with Gasteiger partial charge < -0.3 is 19.1 Å². The zero-order valence-electron chi connectivity index (χ0n) is 15.1. The first-order chi connectivity index (χ1) is 13.8. The predicted molar refractivity (Wildman–Crippen MR) is 98.1 cm³/mol. The standard InChI is InChI=1S/C20H17ClF3NO4/c21-15-10-16(14-2-1-3-17-18(14)28-9-8-27-17)25(19(15)26)11-12-4-6-13(7-5-12)29-20(22,23)24/h1-7,15-16H,8-11H2/t15-,16+/m0/s1. The van der Waals surface area contributed by atoms with Crippen LogP contribution in [0, 0.1) is 0 Å². The molecule has 2 aromatic carbocycles. The summed E-state index contributed by atoms with van der Waals surface area (Å²) in [6, 6.07) is 10.6. The molecule has 9 heteroatoms. The second-order valence-electron chi connectivity index (χ2n) is 6.75. The number of halogens is 4. The fourth-order valence-corrected chi connectivity index (χ4v) is 3.89. The first kappa shape index (κ1) is 19.7. The third-order valence-corrected chi connectivity index (χ3v) is 5.19. The minimum atomic E-state index is -4.75. The van der Waals surface area contributed by atoms with Gasteiger partial charge in [0.15, 0.2) is 11.5 Å². The number of hydrogen-bond acceptors (Lipinski definition) is 4. The first-order valence-corrected chi connectivity index (χ1v) is 9.43. The van der Waals surface area contributed by atoms with Gasteiger partial charge in [-0.15, -0.1) is 24.8 Å². The molecule has 0 N–H and O–H groups in total. The third kappa shape index (κ3) is 4.22. The van der Waals surface area contributed by atoms with Crippen LogP contribution in [-0.2, 0) is 11.3 Å². The van der Waals surface area contributed by atoms with E-state index in [1.165, 1.54) is 24.3 Å². The molecule has 0 aromatic heterocycles. The van der Waals surface area contributed by atoms with Crippen LogP contribution in [0.5, 0.6) is 17.2 Å². The Bertz CT molecular complexity index is 904. The van der Waals surface area contributed by atoms with Gasteiger partial charge in [0.2, 0.25) is 5.91 Å². The number of benzene rings is 2. The molecule has 2 aliphatic rings. The highest BCUT2D eigenvalue weighted by atomic mass is 35.5. The molecule has 1 saturated heterocycles. The van der Waals surface area contributed by atoms with E-state index in [0.717, 1.165) is 5.56 Å². The highest BCUT2D eigenvalue weighted by Gasteiger charge is 2.41. The molecule has 2 aromatic rings. The van der Waals surface area contributed by atoms with E-state index in [1.807, 2.05) is 12.1 Å². The molecule has 2 aliphatic heterocycles. The van der Waals surface area contributed by atoms with E-state index >= 15 is 0 Å². The smallest absolute Gasteiger partial charge is 0.486 e. The van der Waals surface area contributed by atoms with Gasteiger partial charge in [0.1, 0.15) is 24.3 Å². The van der Waals surface area contributed by atoms with Gasteiger partial charge in [-0.05, 0) is 30.2 Å². The van der Waals surface area contributed by atoms with Crippen LogP contribution in [0.4, 0.5) is 13.2 Å². The second-order valence-corrected chi connectivity index (χ2v) is 7.28. The largest absolute Gasteiger partial charge is 0.573 e. The fourth-order valence-electron chi connectivity index (χ4n) is 3.59. The van der Waals surface area contributed by atoms with E-state index in [1.54, 1.807) is 11.0 Å². The van der Waals surface area contributed by atoms with Crippen molar-refractivity contribution in [3.63, 3.8) is 0 Å². The van der Waals surface area contributed by atoms with Crippen molar-refractivity contribution in [2.45, 2.75) is 30.7 Å². The molecule has 2 heterocycles. The average molecular weight is 428 g/mol. The molecule has 0 aliphatic carbocycles. The lowest BCUT2D eigenvalue weighted by Crippen LogP contribution is -2.30. The summed E-state index contributed by atoms with van der Waals surface area (Å²) in [4.78, 5) is 14.3. The van der Waals surface area contributed by atoms with Crippen LogP contribution in [0.2, 0.25) is 0 Å². The van der Waals surface area contributed by atoms with Crippen LogP contribution >= 0.6 is 11.6 Å². The zero-order valence-corrected chi connectivity index (χ0v) is 15.9. The van der Waals surface area contributed by atoms with Gasteiger partial charge in [0, 0.05) is 12.1 Å². The van der Waals surface area contributed by atoms with Crippen molar-refractivity contribution in [2.24, 2.45) is 0 Å². The van der Waals surface area contributed by atoms with Gasteiger partial charge in [-0.2, -0.15) is 0 Å². The zero-order chi connectivity index (χ0) is 20.6. The van der Waals surface area contributed by atoms with Crippen LogP contribution in [0.25, 0.3) is 0 Å². The molecular formula is C20H17ClF3NO4. The lowest BCUT2D eigenvalue weighted by Gasteiger charge is -2.29. The molecule has 1 amide bonds. The fraction of sp³-hybridized carbons (Fsp3) is 0.350. The van der Waals surface area contributed by atoms with E-state index < -0.39 is 11.7 Å². The number of fused-ring (bicyclic) bond motifs is 1. The molecule has 0 bridgehead atoms. The Kier molecular flexibility index (Phi) is 5.21. The van der Waals surface area contributed by atoms with Crippen molar-refractivity contribution in [1.29, 1.82) is 0 Å². The Morgan fingerprint density at radius 1 is 1.10 bits per heavy atom.